The van der Waals surface area contributed by atoms with E-state index in [1.165, 1.54) is 6.07 Å². The minimum absolute atomic E-state index is 0.000864. The predicted molar refractivity (Wildman–Crippen MR) is 133 cm³/mol. The van der Waals surface area contributed by atoms with Crippen molar-refractivity contribution in [2.45, 2.75) is 58.7 Å². The lowest BCUT2D eigenvalue weighted by molar-refractivity contribution is -0.141. The van der Waals surface area contributed by atoms with Crippen molar-refractivity contribution in [2.24, 2.45) is 17.8 Å². The molecular formula is C26H34F3N5O2. The minimum Gasteiger partial charge on any atom is -0.492 e. The van der Waals surface area contributed by atoms with Gasteiger partial charge in [0.25, 0.3) is 0 Å². The summed E-state index contributed by atoms with van der Waals surface area (Å²) in [5.41, 5.74) is 1.62. The summed E-state index contributed by atoms with van der Waals surface area (Å²) in [5.74, 6) is 2.23. The number of anilines is 3. The molecule has 1 atom stereocenters. The van der Waals surface area contributed by atoms with Crippen LogP contribution in [0.3, 0.4) is 0 Å². The van der Waals surface area contributed by atoms with E-state index in [0.717, 1.165) is 67.4 Å². The Kier molecular flexibility index (Phi) is 7.61. The van der Waals surface area contributed by atoms with Crippen LogP contribution in [0.4, 0.5) is 30.4 Å². The summed E-state index contributed by atoms with van der Waals surface area (Å²) in [6.45, 7) is 7.28. The second kappa shape index (κ2) is 10.5. The average molecular weight is 506 g/mol. The number of fused-ring (bicyclic) bond motifs is 1. The lowest BCUT2D eigenvalue weighted by Crippen LogP contribution is -2.49. The number of likely N-dealkylation sites (N-methyl/N-ethyl adjacent to an activating group) is 1. The maximum Gasteiger partial charge on any atom is 0.433 e. The summed E-state index contributed by atoms with van der Waals surface area (Å²) in [4.78, 5) is 22.7. The van der Waals surface area contributed by atoms with Crippen LogP contribution in [-0.4, -0.2) is 42.1 Å². The molecule has 0 saturated heterocycles. The highest BCUT2D eigenvalue weighted by Gasteiger charge is 2.34. The van der Waals surface area contributed by atoms with Crippen molar-refractivity contribution in [1.29, 1.82) is 0 Å². The maximum absolute atomic E-state index is 12.6. The van der Waals surface area contributed by atoms with Gasteiger partial charge in [0, 0.05) is 19.7 Å². The number of nitrogens with zero attached hydrogens (tertiary/aromatic N) is 3. The molecule has 7 nitrogen and oxygen atoms in total. The molecule has 4 rings (SSSR count). The Labute approximate surface area is 209 Å². The summed E-state index contributed by atoms with van der Waals surface area (Å²) in [6, 6.07) is 4.06. The number of carbonyl (C=O) groups is 1. The molecule has 1 aliphatic heterocycles. The molecule has 2 aromatic rings. The second-order valence-electron chi connectivity index (χ2n) is 10.2. The third kappa shape index (κ3) is 5.84. The largest absolute Gasteiger partial charge is 0.492 e. The van der Waals surface area contributed by atoms with E-state index in [1.54, 1.807) is 0 Å². The average Bonchev–Trinajstić information content (AvgIpc) is 2.82. The van der Waals surface area contributed by atoms with E-state index in [1.807, 2.05) is 38.8 Å². The van der Waals surface area contributed by atoms with E-state index in [4.69, 9.17) is 4.74 Å². The zero-order valence-corrected chi connectivity index (χ0v) is 21.2. The molecule has 2 aliphatic rings. The van der Waals surface area contributed by atoms with E-state index in [2.05, 4.69) is 20.6 Å². The monoisotopic (exact) mass is 505 g/mol. The number of ether oxygens (including phenoxy) is 1. The van der Waals surface area contributed by atoms with Gasteiger partial charge in [0.05, 0.1) is 29.9 Å². The maximum atomic E-state index is 12.6. The Bertz CT molecular complexity index is 1070. The number of halogens is 3. The summed E-state index contributed by atoms with van der Waals surface area (Å²) < 4.78 is 43.6. The van der Waals surface area contributed by atoms with Gasteiger partial charge in [-0.3, -0.25) is 4.79 Å². The molecule has 1 fully saturated rings. The van der Waals surface area contributed by atoms with Gasteiger partial charge in [-0.25, -0.2) is 9.97 Å². The standard InChI is InChI=1S/C26H34F3N5O2/c1-15(2)24-25(35)33-23-16(3)32-22(11-20(23)34(24)4)31-12-17-5-7-18(8-6-17)14-36-19-9-10-21(30-13-19)26(27,28)29/h9-11,13,15,17-18,24H,5-8,12,14H2,1-4H3,(H,31,32)(H,33,35)/t17?,18?,24-/m0/s1. The molecule has 0 unspecified atom stereocenters. The fourth-order valence-corrected chi connectivity index (χ4v) is 5.15. The molecule has 36 heavy (non-hydrogen) atoms. The molecule has 0 bridgehead atoms. The molecule has 1 aliphatic carbocycles. The fraction of sp³-hybridized carbons (Fsp3) is 0.577. The van der Waals surface area contributed by atoms with Crippen LogP contribution in [0.15, 0.2) is 24.4 Å². The summed E-state index contributed by atoms with van der Waals surface area (Å²) >= 11 is 0. The van der Waals surface area contributed by atoms with Crippen LogP contribution in [0.5, 0.6) is 5.75 Å². The quantitative estimate of drug-likeness (QED) is 0.516. The molecule has 2 aromatic heterocycles. The molecule has 2 N–H and O–H groups in total. The van der Waals surface area contributed by atoms with Crippen LogP contribution in [0.25, 0.3) is 0 Å². The van der Waals surface area contributed by atoms with E-state index < -0.39 is 11.9 Å². The molecule has 1 saturated carbocycles. The Morgan fingerprint density at radius 2 is 1.89 bits per heavy atom. The van der Waals surface area contributed by atoms with Gasteiger partial charge in [-0.15, -0.1) is 0 Å². The number of alkyl halides is 3. The van der Waals surface area contributed by atoms with Gasteiger partial charge in [-0.2, -0.15) is 13.2 Å². The van der Waals surface area contributed by atoms with Crippen molar-refractivity contribution in [1.82, 2.24) is 9.97 Å². The third-order valence-electron chi connectivity index (χ3n) is 7.18. The Morgan fingerprint density at radius 1 is 1.19 bits per heavy atom. The van der Waals surface area contributed by atoms with Crippen LogP contribution >= 0.6 is 0 Å². The number of aryl methyl sites for hydroxylation is 1. The van der Waals surface area contributed by atoms with Gasteiger partial charge < -0.3 is 20.3 Å². The number of rotatable bonds is 7. The Hall–Kier alpha value is -3.04. The molecule has 0 radical (unpaired) electrons. The Balaban J connectivity index is 1.26. The molecule has 0 aromatic carbocycles. The molecule has 0 spiro atoms. The summed E-state index contributed by atoms with van der Waals surface area (Å²) in [7, 11) is 1.95. The molecule has 10 heteroatoms. The first-order valence-corrected chi connectivity index (χ1v) is 12.5. The lowest BCUT2D eigenvalue weighted by Gasteiger charge is -2.38. The number of hydrogen-bond donors (Lipinski definition) is 2. The van der Waals surface area contributed by atoms with Gasteiger partial charge in [-0.1, -0.05) is 13.8 Å². The normalized spacial score (nSPS) is 22.3. The smallest absolute Gasteiger partial charge is 0.433 e. The number of nitrogens with one attached hydrogen (secondary N) is 2. The Morgan fingerprint density at radius 3 is 2.50 bits per heavy atom. The molecule has 3 heterocycles. The van der Waals surface area contributed by atoms with E-state index in [-0.39, 0.29) is 17.9 Å². The summed E-state index contributed by atoms with van der Waals surface area (Å²) in [5, 5.41) is 6.51. The predicted octanol–water partition coefficient (Wildman–Crippen LogP) is 5.51. The van der Waals surface area contributed by atoms with E-state index in [0.29, 0.717) is 24.2 Å². The topological polar surface area (TPSA) is 79.4 Å². The first kappa shape index (κ1) is 26.0. The first-order chi connectivity index (χ1) is 17.0. The van der Waals surface area contributed by atoms with E-state index in [9.17, 15) is 18.0 Å². The zero-order valence-electron chi connectivity index (χ0n) is 21.2. The fourth-order valence-electron chi connectivity index (χ4n) is 5.15. The van der Waals surface area contributed by atoms with E-state index >= 15 is 0 Å². The van der Waals surface area contributed by atoms with Crippen molar-refractivity contribution >= 4 is 23.1 Å². The van der Waals surface area contributed by atoms with Crippen LogP contribution in [0, 0.1) is 24.7 Å². The lowest BCUT2D eigenvalue weighted by atomic mass is 9.82. The second-order valence-corrected chi connectivity index (χ2v) is 10.2. The molecular weight excluding hydrogens is 471 g/mol. The van der Waals surface area contributed by atoms with Crippen molar-refractivity contribution in [3.05, 3.63) is 35.8 Å². The number of carbonyl (C=O) groups excluding carboxylic acids is 1. The van der Waals surface area contributed by atoms with Gasteiger partial charge in [0.15, 0.2) is 0 Å². The summed E-state index contributed by atoms with van der Waals surface area (Å²) in [6.07, 6.45) is 0.784. The number of pyridine rings is 2. The number of amides is 1. The SMILES string of the molecule is Cc1nc(NCC2CCC(COc3ccc(C(F)(F)F)nc3)CC2)cc2c1NC(=O)[C@H](C(C)C)N2C. The van der Waals surface area contributed by atoms with Crippen molar-refractivity contribution in [3.8, 4) is 5.75 Å². The van der Waals surface area contributed by atoms with Gasteiger partial charge in [0.1, 0.15) is 23.3 Å². The highest BCUT2D eigenvalue weighted by atomic mass is 19.4. The zero-order chi connectivity index (χ0) is 26.0. The van der Waals surface area contributed by atoms with Crippen LogP contribution in [0.2, 0.25) is 0 Å². The highest BCUT2D eigenvalue weighted by Crippen LogP contribution is 2.37. The number of aromatic nitrogens is 2. The van der Waals surface area contributed by atoms with Gasteiger partial charge in [-0.05, 0) is 62.5 Å². The van der Waals surface area contributed by atoms with Crippen molar-refractivity contribution < 1.29 is 22.7 Å². The first-order valence-electron chi connectivity index (χ1n) is 12.5. The third-order valence-corrected chi connectivity index (χ3v) is 7.18. The van der Waals surface area contributed by atoms with Gasteiger partial charge in [0.2, 0.25) is 5.91 Å². The number of hydrogen-bond acceptors (Lipinski definition) is 6. The van der Waals surface area contributed by atoms with Crippen LogP contribution < -0.4 is 20.3 Å². The highest BCUT2D eigenvalue weighted by molar-refractivity contribution is 6.04. The van der Waals surface area contributed by atoms with Gasteiger partial charge >= 0.3 is 6.18 Å². The minimum atomic E-state index is -4.44. The van der Waals surface area contributed by atoms with Crippen molar-refractivity contribution in [2.75, 3.05) is 35.7 Å². The molecule has 196 valence electrons. The molecule has 1 amide bonds. The van der Waals surface area contributed by atoms with Crippen LogP contribution in [-0.2, 0) is 11.0 Å². The van der Waals surface area contributed by atoms with Crippen LogP contribution in [0.1, 0.15) is 50.9 Å². The van der Waals surface area contributed by atoms with Crippen molar-refractivity contribution in [3.63, 3.8) is 0 Å².